The van der Waals surface area contributed by atoms with Crippen LogP contribution >= 0.6 is 0 Å². The van der Waals surface area contributed by atoms with Gasteiger partial charge in [-0.3, -0.25) is 0 Å². The predicted molar refractivity (Wildman–Crippen MR) is 91.2 cm³/mol. The van der Waals surface area contributed by atoms with Gasteiger partial charge in [-0.15, -0.1) is 0 Å². The molecule has 0 N–H and O–H groups in total. The topological polar surface area (TPSA) is 13.1 Å². The van der Waals surface area contributed by atoms with Crippen LogP contribution in [0.1, 0.15) is 48.9 Å². The first-order chi connectivity index (χ1) is 10.2. The third kappa shape index (κ3) is 2.25. The van der Waals surface area contributed by atoms with Gasteiger partial charge >= 0.3 is 0 Å². The Bertz CT molecular complexity index is 793. The van der Waals surface area contributed by atoms with E-state index < -0.39 is 0 Å². The van der Waals surface area contributed by atoms with Gasteiger partial charge in [-0.05, 0) is 55.4 Å². The second-order valence-electron chi connectivity index (χ2n) is 6.01. The molecule has 0 aliphatic carbocycles. The molecule has 0 bridgehead atoms. The number of hydrogen-bond donors (Lipinski definition) is 0. The van der Waals surface area contributed by atoms with Crippen molar-refractivity contribution in [2.75, 3.05) is 0 Å². The van der Waals surface area contributed by atoms with Crippen LogP contribution in [0.5, 0.6) is 0 Å². The van der Waals surface area contributed by atoms with Crippen molar-refractivity contribution in [1.82, 2.24) is 0 Å². The van der Waals surface area contributed by atoms with Gasteiger partial charge in [0.1, 0.15) is 11.2 Å². The first-order valence-corrected chi connectivity index (χ1v) is 8.10. The van der Waals surface area contributed by atoms with Crippen LogP contribution < -0.4 is 0 Å². The molecule has 0 unspecified atom stereocenters. The fourth-order valence-corrected chi connectivity index (χ4v) is 3.28. The zero-order valence-electron chi connectivity index (χ0n) is 13.5. The maximum atomic E-state index is 6.28. The second kappa shape index (κ2) is 5.55. The Morgan fingerprint density at radius 1 is 0.810 bits per heavy atom. The quantitative estimate of drug-likeness (QED) is 0.562. The van der Waals surface area contributed by atoms with Crippen LogP contribution in [0.25, 0.3) is 21.9 Å². The van der Waals surface area contributed by atoms with Crippen molar-refractivity contribution in [1.29, 1.82) is 0 Å². The minimum atomic E-state index is 1.06. The molecule has 0 atom stereocenters. The van der Waals surface area contributed by atoms with Crippen molar-refractivity contribution in [2.45, 2.75) is 53.4 Å². The average Bonchev–Trinajstić information content (AvgIpc) is 2.88. The van der Waals surface area contributed by atoms with Gasteiger partial charge in [0.05, 0.1) is 0 Å². The highest BCUT2D eigenvalue weighted by molar-refractivity contribution is 6.07. The fourth-order valence-electron chi connectivity index (χ4n) is 3.28. The monoisotopic (exact) mass is 280 g/mol. The largest absolute Gasteiger partial charge is 0.455 e. The van der Waals surface area contributed by atoms with E-state index in [1.54, 1.807) is 0 Å². The summed E-state index contributed by atoms with van der Waals surface area (Å²) < 4.78 is 6.28. The van der Waals surface area contributed by atoms with E-state index >= 15 is 0 Å². The third-order valence-corrected chi connectivity index (χ3v) is 4.71. The molecule has 0 spiro atoms. The summed E-state index contributed by atoms with van der Waals surface area (Å²) in [5.74, 6) is 0. The van der Waals surface area contributed by atoms with Gasteiger partial charge < -0.3 is 4.42 Å². The van der Waals surface area contributed by atoms with Crippen molar-refractivity contribution in [3.8, 4) is 0 Å². The second-order valence-corrected chi connectivity index (χ2v) is 6.01. The zero-order chi connectivity index (χ0) is 15.0. The lowest BCUT2D eigenvalue weighted by molar-refractivity contribution is 0.660. The van der Waals surface area contributed by atoms with Crippen LogP contribution in [0.2, 0.25) is 0 Å². The van der Waals surface area contributed by atoms with E-state index in [0.717, 1.165) is 24.0 Å². The molecular formula is C20H24O. The first kappa shape index (κ1) is 14.2. The zero-order valence-corrected chi connectivity index (χ0v) is 13.5. The van der Waals surface area contributed by atoms with E-state index in [4.69, 9.17) is 4.42 Å². The standard InChI is InChI=1S/C20H24O/c1-5-7-8-16-10-12-18-17-11-9-15(6-2)13(3)19(17)21-20(18)14(16)4/h9-12H,5-8H2,1-4H3. The van der Waals surface area contributed by atoms with E-state index in [2.05, 4.69) is 52.0 Å². The number of unbranched alkanes of at least 4 members (excludes halogenated alkanes) is 1. The normalized spacial score (nSPS) is 11.6. The van der Waals surface area contributed by atoms with Crippen LogP contribution in [0.15, 0.2) is 28.7 Å². The highest BCUT2D eigenvalue weighted by Crippen LogP contribution is 2.35. The van der Waals surface area contributed by atoms with Crippen LogP contribution in [0, 0.1) is 13.8 Å². The molecule has 1 heteroatoms. The van der Waals surface area contributed by atoms with Gasteiger partial charge in [-0.25, -0.2) is 0 Å². The Kier molecular flexibility index (Phi) is 3.75. The highest BCUT2D eigenvalue weighted by atomic mass is 16.3. The predicted octanol–water partition coefficient (Wildman–Crippen LogP) is 6.11. The molecular weight excluding hydrogens is 256 g/mol. The number of furan rings is 1. The Balaban J connectivity index is 2.25. The molecule has 0 aliphatic heterocycles. The number of rotatable bonds is 4. The van der Waals surface area contributed by atoms with Gasteiger partial charge in [0.25, 0.3) is 0 Å². The summed E-state index contributed by atoms with van der Waals surface area (Å²) in [7, 11) is 0. The SMILES string of the molecule is CCCCc1ccc2c(oc3c(C)c(CC)ccc32)c1C. The molecule has 3 aromatic rings. The van der Waals surface area contributed by atoms with E-state index in [9.17, 15) is 0 Å². The van der Waals surface area contributed by atoms with Crippen molar-refractivity contribution in [3.05, 3.63) is 46.5 Å². The molecule has 3 rings (SSSR count). The van der Waals surface area contributed by atoms with Gasteiger partial charge in [0, 0.05) is 10.8 Å². The summed E-state index contributed by atoms with van der Waals surface area (Å²) in [6.07, 6.45) is 4.68. The minimum absolute atomic E-state index is 1.06. The molecule has 110 valence electrons. The smallest absolute Gasteiger partial charge is 0.138 e. The number of aryl methyl sites for hydroxylation is 4. The van der Waals surface area contributed by atoms with Gasteiger partial charge in [0.15, 0.2) is 0 Å². The molecule has 0 fully saturated rings. The first-order valence-electron chi connectivity index (χ1n) is 8.10. The summed E-state index contributed by atoms with van der Waals surface area (Å²) in [5.41, 5.74) is 7.56. The lowest BCUT2D eigenvalue weighted by Gasteiger charge is -2.05. The lowest BCUT2D eigenvalue weighted by Crippen LogP contribution is -1.89. The lowest BCUT2D eigenvalue weighted by atomic mass is 9.98. The molecule has 0 aliphatic rings. The van der Waals surface area contributed by atoms with E-state index in [1.165, 1.54) is 45.9 Å². The van der Waals surface area contributed by atoms with Crippen LogP contribution in [-0.2, 0) is 12.8 Å². The van der Waals surface area contributed by atoms with E-state index in [0.29, 0.717) is 0 Å². The molecule has 21 heavy (non-hydrogen) atoms. The molecule has 2 aromatic carbocycles. The Morgan fingerprint density at radius 3 is 1.95 bits per heavy atom. The molecule has 0 saturated heterocycles. The Labute approximate surface area is 127 Å². The summed E-state index contributed by atoms with van der Waals surface area (Å²) in [6, 6.07) is 8.99. The number of hydrogen-bond acceptors (Lipinski definition) is 1. The number of fused-ring (bicyclic) bond motifs is 3. The molecule has 0 saturated carbocycles. The Hall–Kier alpha value is -1.76. The van der Waals surface area contributed by atoms with Crippen LogP contribution in [0.3, 0.4) is 0 Å². The summed E-state index contributed by atoms with van der Waals surface area (Å²) in [6.45, 7) is 8.82. The summed E-state index contributed by atoms with van der Waals surface area (Å²) in [4.78, 5) is 0. The highest BCUT2D eigenvalue weighted by Gasteiger charge is 2.14. The van der Waals surface area contributed by atoms with Crippen LogP contribution in [0.4, 0.5) is 0 Å². The molecule has 1 aromatic heterocycles. The van der Waals surface area contributed by atoms with Crippen LogP contribution in [-0.4, -0.2) is 0 Å². The Morgan fingerprint density at radius 2 is 1.38 bits per heavy atom. The number of benzene rings is 2. The maximum absolute atomic E-state index is 6.28. The van der Waals surface area contributed by atoms with Gasteiger partial charge in [-0.2, -0.15) is 0 Å². The minimum Gasteiger partial charge on any atom is -0.455 e. The molecule has 1 heterocycles. The van der Waals surface area contributed by atoms with Crippen molar-refractivity contribution in [2.24, 2.45) is 0 Å². The summed E-state index contributed by atoms with van der Waals surface area (Å²) >= 11 is 0. The van der Waals surface area contributed by atoms with Gasteiger partial charge in [-0.1, -0.05) is 44.5 Å². The maximum Gasteiger partial charge on any atom is 0.138 e. The average molecular weight is 280 g/mol. The molecule has 0 amide bonds. The van der Waals surface area contributed by atoms with Crippen molar-refractivity contribution >= 4 is 21.9 Å². The fraction of sp³-hybridized carbons (Fsp3) is 0.400. The molecule has 1 nitrogen and oxygen atoms in total. The molecule has 0 radical (unpaired) electrons. The van der Waals surface area contributed by atoms with Gasteiger partial charge in [0.2, 0.25) is 0 Å². The van der Waals surface area contributed by atoms with E-state index in [-0.39, 0.29) is 0 Å². The summed E-state index contributed by atoms with van der Waals surface area (Å²) in [5, 5.41) is 2.51. The van der Waals surface area contributed by atoms with Crippen molar-refractivity contribution in [3.63, 3.8) is 0 Å². The van der Waals surface area contributed by atoms with E-state index in [1.807, 2.05) is 0 Å². The third-order valence-electron chi connectivity index (χ3n) is 4.71. The van der Waals surface area contributed by atoms with Crippen molar-refractivity contribution < 1.29 is 4.42 Å².